The van der Waals surface area contributed by atoms with Gasteiger partial charge in [0.15, 0.2) is 6.61 Å². The van der Waals surface area contributed by atoms with Crippen molar-refractivity contribution in [2.45, 2.75) is 31.1 Å². The van der Waals surface area contributed by atoms with Crippen LogP contribution in [0.4, 0.5) is 5.69 Å². The molecule has 0 unspecified atom stereocenters. The van der Waals surface area contributed by atoms with Crippen LogP contribution < -0.4 is 5.32 Å². The predicted molar refractivity (Wildman–Crippen MR) is 117 cm³/mol. The van der Waals surface area contributed by atoms with Gasteiger partial charge in [-0.1, -0.05) is 18.5 Å². The molecule has 0 bridgehead atoms. The summed E-state index contributed by atoms with van der Waals surface area (Å²) in [6, 6.07) is 4.14. The Morgan fingerprint density at radius 2 is 2.07 bits per heavy atom. The minimum Gasteiger partial charge on any atom is -0.452 e. The molecule has 10 heteroatoms. The largest absolute Gasteiger partial charge is 0.452 e. The fourth-order valence-corrected chi connectivity index (χ4v) is 5.86. The molecule has 1 aliphatic carbocycles. The average molecular weight is 471 g/mol. The van der Waals surface area contributed by atoms with Crippen molar-refractivity contribution in [3.63, 3.8) is 0 Å². The second kappa shape index (κ2) is 9.05. The van der Waals surface area contributed by atoms with Crippen LogP contribution in [0.2, 0.25) is 5.02 Å². The van der Waals surface area contributed by atoms with E-state index in [1.807, 2.05) is 0 Å². The number of nitrogens with one attached hydrogen (secondary N) is 1. The van der Waals surface area contributed by atoms with Gasteiger partial charge < -0.3 is 10.1 Å². The summed E-state index contributed by atoms with van der Waals surface area (Å²) >= 11 is 7.55. The van der Waals surface area contributed by atoms with Gasteiger partial charge in [0.1, 0.15) is 4.90 Å². The number of halogens is 1. The summed E-state index contributed by atoms with van der Waals surface area (Å²) in [5.74, 6) is -0.493. The van der Waals surface area contributed by atoms with Crippen LogP contribution in [-0.4, -0.2) is 45.3 Å². The zero-order valence-corrected chi connectivity index (χ0v) is 19.3. The molecule has 1 N–H and O–H groups in total. The van der Waals surface area contributed by atoms with E-state index in [1.54, 1.807) is 16.7 Å². The van der Waals surface area contributed by atoms with E-state index in [9.17, 15) is 18.0 Å². The molecule has 0 spiro atoms. The highest BCUT2D eigenvalue weighted by Crippen LogP contribution is 2.33. The van der Waals surface area contributed by atoms with Crippen molar-refractivity contribution in [1.82, 2.24) is 4.31 Å². The van der Waals surface area contributed by atoms with Crippen molar-refractivity contribution >= 4 is 50.5 Å². The van der Waals surface area contributed by atoms with Gasteiger partial charge in [0.25, 0.3) is 5.91 Å². The molecule has 1 aromatic heterocycles. The molecule has 0 saturated heterocycles. The average Bonchev–Trinajstić information content (AvgIpc) is 3.10. The zero-order valence-electron chi connectivity index (χ0n) is 16.9. The Morgan fingerprint density at radius 3 is 2.77 bits per heavy atom. The SMILES string of the molecule is C[C@H]1CCc2c(C(=O)OCC(=O)Nc3ccc(Cl)c(S(=O)(=O)N(C)C)c3)csc2C1. The van der Waals surface area contributed by atoms with Crippen molar-refractivity contribution in [1.29, 1.82) is 0 Å². The maximum Gasteiger partial charge on any atom is 0.339 e. The van der Waals surface area contributed by atoms with Crippen LogP contribution in [0.1, 0.15) is 34.1 Å². The van der Waals surface area contributed by atoms with Gasteiger partial charge in [-0.3, -0.25) is 4.79 Å². The predicted octanol–water partition coefficient (Wildman–Crippen LogP) is 3.57. The second-order valence-electron chi connectivity index (χ2n) is 7.46. The van der Waals surface area contributed by atoms with Crippen LogP contribution in [0.5, 0.6) is 0 Å². The minimum absolute atomic E-state index is 0.0460. The summed E-state index contributed by atoms with van der Waals surface area (Å²) in [7, 11) is -0.990. The highest BCUT2D eigenvalue weighted by atomic mass is 35.5. The summed E-state index contributed by atoms with van der Waals surface area (Å²) in [6.45, 7) is 1.72. The number of rotatable bonds is 6. The molecule has 1 heterocycles. The normalized spacial score (nSPS) is 16.2. The number of esters is 1. The van der Waals surface area contributed by atoms with Gasteiger partial charge in [0, 0.05) is 30.0 Å². The van der Waals surface area contributed by atoms with Crippen molar-refractivity contribution in [3.05, 3.63) is 44.6 Å². The van der Waals surface area contributed by atoms with E-state index in [0.717, 1.165) is 29.1 Å². The number of anilines is 1. The summed E-state index contributed by atoms with van der Waals surface area (Å²) in [6.07, 6.45) is 2.83. The maximum atomic E-state index is 12.4. The van der Waals surface area contributed by atoms with Crippen LogP contribution >= 0.6 is 22.9 Å². The van der Waals surface area contributed by atoms with Gasteiger partial charge in [-0.25, -0.2) is 17.5 Å². The molecular formula is C20H23ClN2O5S2. The smallest absolute Gasteiger partial charge is 0.339 e. The second-order valence-corrected chi connectivity index (χ2v) is 10.9. The highest BCUT2D eigenvalue weighted by molar-refractivity contribution is 7.89. The molecule has 0 aliphatic heterocycles. The number of carbonyl (C=O) groups is 2. The minimum atomic E-state index is -3.77. The molecule has 30 heavy (non-hydrogen) atoms. The van der Waals surface area contributed by atoms with Crippen LogP contribution in [0, 0.1) is 5.92 Å². The third-order valence-electron chi connectivity index (χ3n) is 4.93. The molecule has 7 nitrogen and oxygen atoms in total. The first-order valence-electron chi connectivity index (χ1n) is 9.38. The van der Waals surface area contributed by atoms with Gasteiger partial charge >= 0.3 is 5.97 Å². The Morgan fingerprint density at radius 1 is 1.33 bits per heavy atom. The number of hydrogen-bond acceptors (Lipinski definition) is 6. The van der Waals surface area contributed by atoms with E-state index in [-0.39, 0.29) is 15.6 Å². The van der Waals surface area contributed by atoms with E-state index < -0.39 is 28.5 Å². The molecule has 2 aromatic rings. The topological polar surface area (TPSA) is 92.8 Å². The number of hydrogen-bond donors (Lipinski definition) is 1. The standard InChI is InChI=1S/C20H23ClN2O5S2/c1-12-4-6-14-15(11-29-17(14)8-12)20(25)28-10-19(24)22-13-5-7-16(21)18(9-13)30(26,27)23(2)3/h5,7,9,11-12H,4,6,8,10H2,1-3H3,(H,22,24)/t12-/m0/s1. The molecule has 0 saturated carbocycles. The van der Waals surface area contributed by atoms with Crippen LogP contribution in [0.25, 0.3) is 0 Å². The van der Waals surface area contributed by atoms with Gasteiger partial charge in [-0.05, 0) is 48.9 Å². The highest BCUT2D eigenvalue weighted by Gasteiger charge is 2.25. The Balaban J connectivity index is 1.64. The Labute approximate surface area is 185 Å². The Kier molecular flexibility index (Phi) is 6.86. The van der Waals surface area contributed by atoms with Gasteiger partial charge in [0.2, 0.25) is 10.0 Å². The molecule has 1 amide bonds. The fourth-order valence-electron chi connectivity index (χ4n) is 3.23. The summed E-state index contributed by atoms with van der Waals surface area (Å²) < 4.78 is 30.9. The molecule has 1 aliphatic rings. The van der Waals surface area contributed by atoms with Gasteiger partial charge in [-0.2, -0.15) is 0 Å². The molecular weight excluding hydrogens is 448 g/mol. The first-order chi connectivity index (χ1) is 14.1. The molecule has 1 aromatic carbocycles. The number of ether oxygens (including phenoxy) is 1. The Hall–Kier alpha value is -1.94. The zero-order chi connectivity index (χ0) is 22.1. The number of sulfonamides is 1. The first kappa shape index (κ1) is 22.7. The summed E-state index contributed by atoms with van der Waals surface area (Å²) in [5.41, 5.74) is 1.79. The first-order valence-corrected chi connectivity index (χ1v) is 12.1. The molecule has 162 valence electrons. The van der Waals surface area contributed by atoms with Crippen LogP contribution in [0.3, 0.4) is 0 Å². The van der Waals surface area contributed by atoms with Crippen molar-refractivity contribution in [3.8, 4) is 0 Å². The lowest BCUT2D eigenvalue weighted by atomic mass is 9.88. The molecule has 0 fully saturated rings. The quantitative estimate of drug-likeness (QED) is 0.651. The fraction of sp³-hybridized carbons (Fsp3) is 0.400. The Bertz CT molecular complexity index is 1080. The maximum absolute atomic E-state index is 12.4. The van der Waals surface area contributed by atoms with E-state index in [1.165, 1.54) is 37.2 Å². The number of nitrogens with zero attached hydrogens (tertiary/aromatic N) is 1. The van der Waals surface area contributed by atoms with Crippen molar-refractivity contribution in [2.24, 2.45) is 5.92 Å². The lowest BCUT2D eigenvalue weighted by Gasteiger charge is -2.18. The number of benzene rings is 1. The number of fused-ring (bicyclic) bond motifs is 1. The number of amides is 1. The summed E-state index contributed by atoms with van der Waals surface area (Å²) in [5, 5.41) is 4.37. The van der Waals surface area contributed by atoms with Crippen molar-refractivity contribution < 1.29 is 22.7 Å². The number of thiophene rings is 1. The lowest BCUT2D eigenvalue weighted by Crippen LogP contribution is -2.24. The van der Waals surface area contributed by atoms with Crippen LogP contribution in [-0.2, 0) is 32.4 Å². The van der Waals surface area contributed by atoms with E-state index >= 15 is 0 Å². The van der Waals surface area contributed by atoms with Gasteiger partial charge in [0.05, 0.1) is 10.6 Å². The lowest BCUT2D eigenvalue weighted by molar-refractivity contribution is -0.119. The molecule has 1 atom stereocenters. The third-order valence-corrected chi connectivity index (χ3v) is 8.28. The van der Waals surface area contributed by atoms with E-state index in [4.69, 9.17) is 16.3 Å². The molecule has 3 rings (SSSR count). The van der Waals surface area contributed by atoms with E-state index in [0.29, 0.717) is 11.5 Å². The molecule has 0 radical (unpaired) electrons. The monoisotopic (exact) mass is 470 g/mol. The van der Waals surface area contributed by atoms with E-state index in [2.05, 4.69) is 12.2 Å². The summed E-state index contributed by atoms with van der Waals surface area (Å²) in [4.78, 5) is 25.7. The van der Waals surface area contributed by atoms with Crippen LogP contribution in [0.15, 0.2) is 28.5 Å². The van der Waals surface area contributed by atoms with Crippen molar-refractivity contribution in [2.75, 3.05) is 26.0 Å². The van der Waals surface area contributed by atoms with Gasteiger partial charge in [-0.15, -0.1) is 11.3 Å². The third kappa shape index (κ3) is 4.85. The number of carbonyl (C=O) groups excluding carboxylic acids is 2.